The van der Waals surface area contributed by atoms with Gasteiger partial charge >= 0.3 is 0 Å². The Morgan fingerprint density at radius 2 is 2.14 bits per heavy atom. The lowest BCUT2D eigenvalue weighted by Gasteiger charge is -2.08. The number of rotatable bonds is 2. The summed E-state index contributed by atoms with van der Waals surface area (Å²) in [6, 6.07) is 8.73. The van der Waals surface area contributed by atoms with Gasteiger partial charge in [-0.1, -0.05) is 12.1 Å². The summed E-state index contributed by atoms with van der Waals surface area (Å²) < 4.78 is 2.22. The summed E-state index contributed by atoms with van der Waals surface area (Å²) in [5, 5.41) is 1.33. The molecular formula is C12H16N2. The van der Waals surface area contributed by atoms with Crippen LogP contribution >= 0.6 is 0 Å². The number of fused-ring (bicyclic) bond motifs is 1. The van der Waals surface area contributed by atoms with Crippen molar-refractivity contribution in [1.82, 2.24) is 4.57 Å². The van der Waals surface area contributed by atoms with E-state index in [1.54, 1.807) is 0 Å². The van der Waals surface area contributed by atoms with E-state index in [0.29, 0.717) is 0 Å². The zero-order chi connectivity index (χ0) is 10.1. The van der Waals surface area contributed by atoms with Crippen LogP contribution in [0.4, 0.5) is 0 Å². The molecule has 0 bridgehead atoms. The average Bonchev–Trinajstić information content (AvgIpc) is 2.49. The molecular weight excluding hydrogens is 172 g/mol. The number of aromatic nitrogens is 1. The molecule has 0 radical (unpaired) electrons. The average molecular weight is 188 g/mol. The Kier molecular flexibility index (Phi) is 2.30. The molecule has 0 fully saturated rings. The summed E-state index contributed by atoms with van der Waals surface area (Å²) in [6.45, 7) is 5.05. The molecule has 0 unspecified atom stereocenters. The Hall–Kier alpha value is -1.28. The minimum Gasteiger partial charge on any atom is -0.346 e. The Bertz CT molecular complexity index is 441. The largest absolute Gasteiger partial charge is 0.346 e. The van der Waals surface area contributed by atoms with Crippen LogP contribution in [0.25, 0.3) is 10.9 Å². The van der Waals surface area contributed by atoms with E-state index in [9.17, 15) is 0 Å². The molecule has 1 aromatic carbocycles. The van der Waals surface area contributed by atoms with Crippen molar-refractivity contribution in [1.29, 1.82) is 0 Å². The van der Waals surface area contributed by atoms with Gasteiger partial charge in [0.1, 0.15) is 0 Å². The summed E-state index contributed by atoms with van der Waals surface area (Å²) in [5.74, 6) is 0. The van der Waals surface area contributed by atoms with Gasteiger partial charge < -0.3 is 10.3 Å². The number of benzene rings is 1. The van der Waals surface area contributed by atoms with Crippen molar-refractivity contribution in [3.8, 4) is 0 Å². The first-order valence-electron chi connectivity index (χ1n) is 4.98. The standard InChI is InChI=1S/C12H16N2/c1-9-4-3-5-12-11(9)6-7-14(12)8-10(2)13/h3-7,10H,8,13H2,1-2H3/t10-/m0/s1. The monoisotopic (exact) mass is 188 g/mol. The predicted octanol–water partition coefficient (Wildman–Crippen LogP) is 2.30. The summed E-state index contributed by atoms with van der Waals surface area (Å²) in [5.41, 5.74) is 8.40. The predicted molar refractivity (Wildman–Crippen MR) is 60.3 cm³/mol. The number of nitrogens with two attached hydrogens (primary N) is 1. The second-order valence-corrected chi connectivity index (χ2v) is 3.95. The molecule has 1 heterocycles. The molecule has 0 aliphatic carbocycles. The highest BCUT2D eigenvalue weighted by atomic mass is 15.0. The van der Waals surface area contributed by atoms with Gasteiger partial charge in [0.2, 0.25) is 0 Å². The highest BCUT2D eigenvalue weighted by Gasteiger charge is 2.03. The fourth-order valence-electron chi connectivity index (χ4n) is 1.85. The van der Waals surface area contributed by atoms with Crippen LogP contribution in [-0.2, 0) is 6.54 Å². The third-order valence-corrected chi connectivity index (χ3v) is 2.52. The van der Waals surface area contributed by atoms with Crippen molar-refractivity contribution in [2.45, 2.75) is 26.4 Å². The quantitative estimate of drug-likeness (QED) is 0.770. The smallest absolute Gasteiger partial charge is 0.0483 e. The van der Waals surface area contributed by atoms with Gasteiger partial charge in [0.05, 0.1) is 0 Å². The maximum atomic E-state index is 5.79. The van der Waals surface area contributed by atoms with Gasteiger partial charge in [0.25, 0.3) is 0 Å². The minimum absolute atomic E-state index is 0.200. The molecule has 2 heteroatoms. The topological polar surface area (TPSA) is 30.9 Å². The first-order valence-corrected chi connectivity index (χ1v) is 4.98. The molecule has 1 atom stereocenters. The number of hydrogen-bond acceptors (Lipinski definition) is 1. The molecule has 1 aromatic heterocycles. The highest BCUT2D eigenvalue weighted by Crippen LogP contribution is 2.19. The molecule has 0 spiro atoms. The minimum atomic E-state index is 0.200. The Balaban J connectivity index is 2.52. The van der Waals surface area contributed by atoms with Crippen LogP contribution in [0.5, 0.6) is 0 Å². The van der Waals surface area contributed by atoms with Crippen LogP contribution in [-0.4, -0.2) is 10.6 Å². The van der Waals surface area contributed by atoms with Crippen LogP contribution in [0.3, 0.4) is 0 Å². The molecule has 2 aromatic rings. The summed E-state index contributed by atoms with van der Waals surface area (Å²) in [4.78, 5) is 0. The van der Waals surface area contributed by atoms with E-state index in [1.165, 1.54) is 16.5 Å². The molecule has 0 saturated carbocycles. The number of nitrogens with zero attached hydrogens (tertiary/aromatic N) is 1. The first-order chi connectivity index (χ1) is 6.68. The van der Waals surface area contributed by atoms with Crippen molar-refractivity contribution >= 4 is 10.9 Å². The second kappa shape index (κ2) is 3.46. The van der Waals surface area contributed by atoms with E-state index in [0.717, 1.165) is 6.54 Å². The van der Waals surface area contributed by atoms with Gasteiger partial charge in [-0.3, -0.25) is 0 Å². The highest BCUT2D eigenvalue weighted by molar-refractivity contribution is 5.83. The molecule has 2 nitrogen and oxygen atoms in total. The summed E-state index contributed by atoms with van der Waals surface area (Å²) >= 11 is 0. The van der Waals surface area contributed by atoms with E-state index in [1.807, 2.05) is 6.92 Å². The van der Waals surface area contributed by atoms with Crippen LogP contribution in [0.2, 0.25) is 0 Å². The lowest BCUT2D eigenvalue weighted by molar-refractivity contribution is 0.605. The molecule has 2 rings (SSSR count). The first kappa shape index (κ1) is 9.28. The third-order valence-electron chi connectivity index (χ3n) is 2.52. The van der Waals surface area contributed by atoms with E-state index in [2.05, 4.69) is 42.0 Å². The lowest BCUT2D eigenvalue weighted by Crippen LogP contribution is -2.21. The number of hydrogen-bond donors (Lipinski definition) is 1. The number of aryl methyl sites for hydroxylation is 1. The molecule has 2 N–H and O–H groups in total. The maximum absolute atomic E-state index is 5.79. The third kappa shape index (κ3) is 1.53. The Morgan fingerprint density at radius 1 is 1.36 bits per heavy atom. The van der Waals surface area contributed by atoms with Crippen LogP contribution < -0.4 is 5.73 Å². The van der Waals surface area contributed by atoms with Gasteiger partial charge in [0, 0.05) is 29.7 Å². The van der Waals surface area contributed by atoms with E-state index >= 15 is 0 Å². The van der Waals surface area contributed by atoms with E-state index < -0.39 is 0 Å². The normalized spacial score (nSPS) is 13.4. The molecule has 74 valence electrons. The zero-order valence-corrected chi connectivity index (χ0v) is 8.70. The van der Waals surface area contributed by atoms with Crippen molar-refractivity contribution < 1.29 is 0 Å². The fraction of sp³-hybridized carbons (Fsp3) is 0.333. The van der Waals surface area contributed by atoms with Crippen LogP contribution in [0.1, 0.15) is 12.5 Å². The zero-order valence-electron chi connectivity index (χ0n) is 8.70. The van der Waals surface area contributed by atoms with Crippen molar-refractivity contribution in [3.63, 3.8) is 0 Å². The van der Waals surface area contributed by atoms with Crippen LogP contribution in [0.15, 0.2) is 30.5 Å². The van der Waals surface area contributed by atoms with Crippen LogP contribution in [0, 0.1) is 6.92 Å². The van der Waals surface area contributed by atoms with E-state index in [-0.39, 0.29) is 6.04 Å². The second-order valence-electron chi connectivity index (χ2n) is 3.95. The molecule has 14 heavy (non-hydrogen) atoms. The summed E-state index contributed by atoms with van der Waals surface area (Å²) in [7, 11) is 0. The van der Waals surface area contributed by atoms with Gasteiger partial charge in [-0.25, -0.2) is 0 Å². The van der Waals surface area contributed by atoms with Crippen molar-refractivity contribution in [3.05, 3.63) is 36.0 Å². The lowest BCUT2D eigenvalue weighted by atomic mass is 10.1. The van der Waals surface area contributed by atoms with E-state index in [4.69, 9.17) is 5.73 Å². The SMILES string of the molecule is Cc1cccc2c1ccn2C[C@H](C)N. The Labute approximate surface area is 84.3 Å². The van der Waals surface area contributed by atoms with Crippen molar-refractivity contribution in [2.75, 3.05) is 0 Å². The van der Waals surface area contributed by atoms with Crippen molar-refractivity contribution in [2.24, 2.45) is 5.73 Å². The molecule has 0 aliphatic rings. The molecule has 0 saturated heterocycles. The Morgan fingerprint density at radius 3 is 2.86 bits per heavy atom. The van der Waals surface area contributed by atoms with Gasteiger partial charge in [0.15, 0.2) is 0 Å². The summed E-state index contributed by atoms with van der Waals surface area (Å²) in [6.07, 6.45) is 2.11. The molecule has 0 amide bonds. The maximum Gasteiger partial charge on any atom is 0.0483 e. The van der Waals surface area contributed by atoms with Gasteiger partial charge in [-0.05, 0) is 31.5 Å². The van der Waals surface area contributed by atoms with Gasteiger partial charge in [-0.2, -0.15) is 0 Å². The molecule has 0 aliphatic heterocycles. The van der Waals surface area contributed by atoms with Gasteiger partial charge in [-0.15, -0.1) is 0 Å². The fourth-order valence-corrected chi connectivity index (χ4v) is 1.85.